The topological polar surface area (TPSA) is 30.5 Å². The SMILES string of the molecule is COc1cccc(CNCCCSC)c1OC. The monoisotopic (exact) mass is 255 g/mol. The van der Waals surface area contributed by atoms with Crippen LogP contribution in [-0.2, 0) is 6.54 Å². The van der Waals surface area contributed by atoms with E-state index in [9.17, 15) is 0 Å². The summed E-state index contributed by atoms with van der Waals surface area (Å²) in [7, 11) is 3.34. The van der Waals surface area contributed by atoms with E-state index in [1.165, 1.54) is 12.2 Å². The van der Waals surface area contributed by atoms with Crippen LogP contribution in [0.15, 0.2) is 18.2 Å². The number of hydrogen-bond acceptors (Lipinski definition) is 4. The fraction of sp³-hybridized carbons (Fsp3) is 0.538. The first kappa shape index (κ1) is 14.2. The van der Waals surface area contributed by atoms with Crippen LogP contribution in [0, 0.1) is 0 Å². The van der Waals surface area contributed by atoms with Crippen LogP contribution in [0.5, 0.6) is 11.5 Å². The lowest BCUT2D eigenvalue weighted by Crippen LogP contribution is -2.16. The van der Waals surface area contributed by atoms with Crippen LogP contribution in [-0.4, -0.2) is 32.8 Å². The number of ether oxygens (including phenoxy) is 2. The zero-order valence-corrected chi connectivity index (χ0v) is 11.6. The van der Waals surface area contributed by atoms with Gasteiger partial charge in [0.1, 0.15) is 0 Å². The van der Waals surface area contributed by atoms with E-state index in [1.54, 1.807) is 14.2 Å². The normalized spacial score (nSPS) is 10.3. The van der Waals surface area contributed by atoms with E-state index in [4.69, 9.17) is 9.47 Å². The minimum atomic E-state index is 0.788. The highest BCUT2D eigenvalue weighted by Crippen LogP contribution is 2.30. The molecule has 0 heterocycles. The molecule has 1 aromatic rings. The highest BCUT2D eigenvalue weighted by atomic mass is 32.2. The summed E-state index contributed by atoms with van der Waals surface area (Å²) in [5.74, 6) is 2.81. The summed E-state index contributed by atoms with van der Waals surface area (Å²) in [5.41, 5.74) is 1.14. The van der Waals surface area contributed by atoms with Gasteiger partial charge in [-0.25, -0.2) is 0 Å². The Hall–Kier alpha value is -0.870. The van der Waals surface area contributed by atoms with Crippen molar-refractivity contribution < 1.29 is 9.47 Å². The van der Waals surface area contributed by atoms with Crippen LogP contribution in [0.4, 0.5) is 0 Å². The van der Waals surface area contributed by atoms with E-state index in [-0.39, 0.29) is 0 Å². The van der Waals surface area contributed by atoms with Crippen molar-refractivity contribution in [2.75, 3.05) is 32.8 Å². The van der Waals surface area contributed by atoms with E-state index in [2.05, 4.69) is 17.6 Å². The predicted octanol–water partition coefficient (Wildman–Crippen LogP) is 2.55. The molecule has 0 unspecified atom stereocenters. The maximum absolute atomic E-state index is 5.38. The third-order valence-corrected chi connectivity index (χ3v) is 3.20. The quantitative estimate of drug-likeness (QED) is 0.723. The lowest BCUT2D eigenvalue weighted by Gasteiger charge is -2.13. The molecule has 0 aliphatic carbocycles. The average Bonchev–Trinajstić information content (AvgIpc) is 2.38. The lowest BCUT2D eigenvalue weighted by molar-refractivity contribution is 0.350. The number of thioether (sulfide) groups is 1. The lowest BCUT2D eigenvalue weighted by atomic mass is 10.2. The van der Waals surface area contributed by atoms with Crippen molar-refractivity contribution in [3.05, 3.63) is 23.8 Å². The van der Waals surface area contributed by atoms with Gasteiger partial charge in [0.25, 0.3) is 0 Å². The third-order valence-electron chi connectivity index (χ3n) is 2.50. The van der Waals surface area contributed by atoms with Crippen molar-refractivity contribution in [2.45, 2.75) is 13.0 Å². The number of para-hydroxylation sites is 1. The van der Waals surface area contributed by atoms with Gasteiger partial charge in [-0.15, -0.1) is 0 Å². The van der Waals surface area contributed by atoms with Gasteiger partial charge >= 0.3 is 0 Å². The molecule has 0 aromatic heterocycles. The molecule has 1 aromatic carbocycles. The minimum Gasteiger partial charge on any atom is -0.493 e. The standard InChI is InChI=1S/C13H21NO2S/c1-15-12-7-4-6-11(13(12)16-2)10-14-8-5-9-17-3/h4,6-7,14H,5,8-10H2,1-3H3. The molecule has 0 saturated carbocycles. The summed E-state index contributed by atoms with van der Waals surface area (Å²) in [6.45, 7) is 1.84. The number of nitrogens with one attached hydrogen (secondary N) is 1. The molecule has 96 valence electrons. The van der Waals surface area contributed by atoms with Gasteiger partial charge in [0.2, 0.25) is 0 Å². The Labute approximate surface area is 108 Å². The molecule has 1 N–H and O–H groups in total. The summed E-state index contributed by atoms with van der Waals surface area (Å²) in [4.78, 5) is 0. The highest BCUT2D eigenvalue weighted by Gasteiger charge is 2.08. The molecule has 0 aliphatic rings. The van der Waals surface area contributed by atoms with Gasteiger partial charge in [-0.05, 0) is 31.0 Å². The van der Waals surface area contributed by atoms with Crippen LogP contribution in [0.2, 0.25) is 0 Å². The smallest absolute Gasteiger partial charge is 0.165 e. The number of methoxy groups -OCH3 is 2. The largest absolute Gasteiger partial charge is 0.493 e. The summed E-state index contributed by atoms with van der Waals surface area (Å²) >= 11 is 1.88. The van der Waals surface area contributed by atoms with E-state index in [0.717, 1.165) is 30.2 Å². The van der Waals surface area contributed by atoms with Crippen LogP contribution < -0.4 is 14.8 Å². The first-order chi connectivity index (χ1) is 8.33. The Bertz CT molecular complexity index is 331. The van der Waals surface area contributed by atoms with Gasteiger partial charge in [0, 0.05) is 12.1 Å². The molecule has 3 nitrogen and oxygen atoms in total. The Morgan fingerprint density at radius 1 is 1.24 bits per heavy atom. The van der Waals surface area contributed by atoms with Crippen molar-refractivity contribution in [1.29, 1.82) is 0 Å². The predicted molar refractivity (Wildman–Crippen MR) is 74.3 cm³/mol. The molecule has 0 radical (unpaired) electrons. The van der Waals surface area contributed by atoms with Crippen molar-refractivity contribution in [2.24, 2.45) is 0 Å². The number of hydrogen-bond donors (Lipinski definition) is 1. The van der Waals surface area contributed by atoms with Crippen LogP contribution in [0.1, 0.15) is 12.0 Å². The summed E-state index contributed by atoms with van der Waals surface area (Å²) in [6, 6.07) is 5.96. The fourth-order valence-corrected chi connectivity index (χ4v) is 2.09. The molecule has 0 saturated heterocycles. The van der Waals surface area contributed by atoms with Crippen LogP contribution in [0.3, 0.4) is 0 Å². The minimum absolute atomic E-state index is 0.788. The first-order valence-corrected chi connectivity index (χ1v) is 7.12. The van der Waals surface area contributed by atoms with Crippen LogP contribution >= 0.6 is 11.8 Å². The molecule has 0 bridgehead atoms. The van der Waals surface area contributed by atoms with E-state index >= 15 is 0 Å². The Kier molecular flexibility index (Phi) is 6.89. The van der Waals surface area contributed by atoms with Crippen molar-refractivity contribution in [3.8, 4) is 11.5 Å². The molecule has 1 rings (SSSR count). The average molecular weight is 255 g/mol. The van der Waals surface area contributed by atoms with E-state index < -0.39 is 0 Å². The molecule has 0 aliphatic heterocycles. The Morgan fingerprint density at radius 2 is 2.06 bits per heavy atom. The molecular weight excluding hydrogens is 234 g/mol. The van der Waals surface area contributed by atoms with Crippen LogP contribution in [0.25, 0.3) is 0 Å². The second-order valence-electron chi connectivity index (χ2n) is 3.68. The zero-order valence-electron chi connectivity index (χ0n) is 10.8. The molecule has 0 spiro atoms. The second kappa shape index (κ2) is 8.25. The van der Waals surface area contributed by atoms with Crippen molar-refractivity contribution in [1.82, 2.24) is 5.32 Å². The van der Waals surface area contributed by atoms with Gasteiger partial charge in [-0.1, -0.05) is 12.1 Å². The van der Waals surface area contributed by atoms with Crippen molar-refractivity contribution in [3.63, 3.8) is 0 Å². The zero-order chi connectivity index (χ0) is 12.5. The maximum atomic E-state index is 5.38. The maximum Gasteiger partial charge on any atom is 0.165 e. The molecule has 4 heteroatoms. The fourth-order valence-electron chi connectivity index (χ4n) is 1.66. The van der Waals surface area contributed by atoms with E-state index in [1.807, 2.05) is 23.9 Å². The molecule has 0 amide bonds. The molecule has 0 atom stereocenters. The number of rotatable bonds is 8. The molecule has 17 heavy (non-hydrogen) atoms. The molecule has 0 fully saturated rings. The highest BCUT2D eigenvalue weighted by molar-refractivity contribution is 7.98. The Morgan fingerprint density at radius 3 is 2.71 bits per heavy atom. The number of benzene rings is 1. The third kappa shape index (κ3) is 4.48. The van der Waals surface area contributed by atoms with Crippen molar-refractivity contribution >= 4 is 11.8 Å². The van der Waals surface area contributed by atoms with Gasteiger partial charge in [-0.2, -0.15) is 11.8 Å². The first-order valence-electron chi connectivity index (χ1n) is 5.73. The van der Waals surface area contributed by atoms with Gasteiger partial charge in [0.05, 0.1) is 14.2 Å². The van der Waals surface area contributed by atoms with E-state index in [0.29, 0.717) is 0 Å². The summed E-state index contributed by atoms with van der Waals surface area (Å²) in [6.07, 6.45) is 3.32. The second-order valence-corrected chi connectivity index (χ2v) is 4.66. The van der Waals surface area contributed by atoms with Gasteiger partial charge < -0.3 is 14.8 Å². The Balaban J connectivity index is 2.52. The summed E-state index contributed by atoms with van der Waals surface area (Å²) < 4.78 is 10.6. The van der Waals surface area contributed by atoms with Gasteiger partial charge in [0.15, 0.2) is 11.5 Å². The van der Waals surface area contributed by atoms with Gasteiger partial charge in [-0.3, -0.25) is 0 Å². The summed E-state index contributed by atoms with van der Waals surface area (Å²) in [5, 5.41) is 3.41. The molecular formula is C13H21NO2S.